The van der Waals surface area contributed by atoms with Crippen molar-refractivity contribution in [3.63, 3.8) is 0 Å². The molecule has 21 heavy (non-hydrogen) atoms. The van der Waals surface area contributed by atoms with E-state index in [2.05, 4.69) is 47.4 Å². The Kier molecular flexibility index (Phi) is 5.47. The van der Waals surface area contributed by atoms with Gasteiger partial charge >= 0.3 is 0 Å². The molecular weight excluding hydrogens is 368 g/mol. The largest absolute Gasteiger partial charge is 0.313 e. The van der Waals surface area contributed by atoms with Gasteiger partial charge in [0, 0.05) is 32.8 Å². The van der Waals surface area contributed by atoms with Crippen LogP contribution in [-0.2, 0) is 11.8 Å². The zero-order valence-electron chi connectivity index (χ0n) is 12.7. The zero-order valence-corrected chi connectivity index (χ0v) is 15.9. The predicted molar refractivity (Wildman–Crippen MR) is 95.5 cm³/mol. The third-order valence-corrected chi connectivity index (χ3v) is 5.21. The second kappa shape index (κ2) is 6.78. The highest BCUT2D eigenvalue weighted by Gasteiger charge is 2.20. The maximum absolute atomic E-state index is 6.12. The maximum atomic E-state index is 6.12. The fraction of sp³-hybridized carbons (Fsp3) is 0.438. The summed E-state index contributed by atoms with van der Waals surface area (Å²) in [6.45, 7) is 6.57. The fourth-order valence-electron chi connectivity index (χ4n) is 2.07. The van der Waals surface area contributed by atoms with Crippen molar-refractivity contribution in [2.45, 2.75) is 38.6 Å². The first kappa shape index (κ1) is 16.9. The Balaban J connectivity index is 2.23. The summed E-state index contributed by atoms with van der Waals surface area (Å²) in [5.41, 5.74) is 2.42. The molecule has 0 saturated carbocycles. The monoisotopic (exact) mass is 386 g/mol. The summed E-state index contributed by atoms with van der Waals surface area (Å²) in [6, 6.07) is 6.08. The Morgan fingerprint density at radius 1 is 1.38 bits per heavy atom. The number of nitrogens with one attached hydrogen (secondary N) is 1. The number of thiazole rings is 1. The number of benzene rings is 1. The normalized spacial score (nSPS) is 13.4. The first-order chi connectivity index (χ1) is 9.81. The average molecular weight is 388 g/mol. The van der Waals surface area contributed by atoms with E-state index in [1.165, 1.54) is 0 Å². The fourth-order valence-corrected chi connectivity index (χ4v) is 3.84. The van der Waals surface area contributed by atoms with Crippen molar-refractivity contribution < 1.29 is 0 Å². The summed E-state index contributed by atoms with van der Waals surface area (Å²) in [4.78, 5) is 4.78. The summed E-state index contributed by atoms with van der Waals surface area (Å²) in [7, 11) is 1.97. The Morgan fingerprint density at radius 2 is 2.10 bits per heavy atom. The summed E-state index contributed by atoms with van der Waals surface area (Å²) in [5, 5.41) is 7.42. The highest BCUT2D eigenvalue weighted by molar-refractivity contribution is 9.10. The summed E-state index contributed by atoms with van der Waals surface area (Å²) >= 11 is 11.5. The number of likely N-dealkylation sites (N-methyl/N-ethyl adjacent to an activating group) is 1. The molecule has 0 fully saturated rings. The van der Waals surface area contributed by atoms with Crippen molar-refractivity contribution in [1.29, 1.82) is 0 Å². The van der Waals surface area contributed by atoms with Crippen LogP contribution < -0.4 is 5.32 Å². The van der Waals surface area contributed by atoms with Crippen molar-refractivity contribution >= 4 is 38.9 Å². The molecule has 1 aromatic carbocycles. The molecule has 0 aliphatic rings. The third kappa shape index (κ3) is 4.28. The molecule has 2 nitrogen and oxygen atoms in total. The molecule has 0 amide bonds. The van der Waals surface area contributed by atoms with Crippen LogP contribution in [-0.4, -0.2) is 12.0 Å². The number of rotatable bonds is 4. The summed E-state index contributed by atoms with van der Waals surface area (Å²) < 4.78 is 1.07. The minimum absolute atomic E-state index is 0.0977. The SMILES string of the molecule is CNC(Cc1nc(C(C)(C)C)cs1)c1cc(Cl)ccc1Br. The second-order valence-corrected chi connectivity index (χ2v) is 8.32. The molecule has 0 spiro atoms. The van der Waals surface area contributed by atoms with E-state index >= 15 is 0 Å². The molecule has 114 valence electrons. The van der Waals surface area contributed by atoms with Gasteiger partial charge in [0.25, 0.3) is 0 Å². The van der Waals surface area contributed by atoms with Crippen molar-refractivity contribution in [2.24, 2.45) is 0 Å². The number of halogens is 2. The molecule has 0 aliphatic carbocycles. The maximum Gasteiger partial charge on any atom is 0.0947 e. The van der Waals surface area contributed by atoms with E-state index in [1.54, 1.807) is 11.3 Å². The number of aromatic nitrogens is 1. The molecule has 0 aliphatic heterocycles. The molecule has 1 heterocycles. The molecule has 0 saturated heterocycles. The van der Waals surface area contributed by atoms with E-state index in [0.717, 1.165) is 32.2 Å². The van der Waals surface area contributed by atoms with E-state index in [4.69, 9.17) is 16.6 Å². The van der Waals surface area contributed by atoms with Gasteiger partial charge in [-0.1, -0.05) is 48.3 Å². The number of nitrogens with zero attached hydrogens (tertiary/aromatic N) is 1. The molecule has 1 N–H and O–H groups in total. The van der Waals surface area contributed by atoms with Gasteiger partial charge in [-0.3, -0.25) is 0 Å². The number of hydrogen-bond acceptors (Lipinski definition) is 3. The van der Waals surface area contributed by atoms with E-state index in [-0.39, 0.29) is 11.5 Å². The Morgan fingerprint density at radius 3 is 2.67 bits per heavy atom. The van der Waals surface area contributed by atoms with Gasteiger partial charge in [0.15, 0.2) is 0 Å². The topological polar surface area (TPSA) is 24.9 Å². The van der Waals surface area contributed by atoms with Gasteiger partial charge in [-0.25, -0.2) is 4.98 Å². The van der Waals surface area contributed by atoms with Gasteiger partial charge in [0.05, 0.1) is 10.7 Å². The molecule has 2 rings (SSSR count). The van der Waals surface area contributed by atoms with E-state index in [9.17, 15) is 0 Å². The first-order valence-electron chi connectivity index (χ1n) is 6.88. The Bertz CT molecular complexity index is 619. The summed E-state index contributed by atoms with van der Waals surface area (Å²) in [6.07, 6.45) is 0.857. The van der Waals surface area contributed by atoms with Crippen molar-refractivity contribution in [3.05, 3.63) is 49.3 Å². The lowest BCUT2D eigenvalue weighted by Gasteiger charge is -2.18. The average Bonchev–Trinajstić information content (AvgIpc) is 2.87. The van der Waals surface area contributed by atoms with Crippen LogP contribution >= 0.6 is 38.9 Å². The van der Waals surface area contributed by atoms with Crippen LogP contribution in [0.15, 0.2) is 28.1 Å². The van der Waals surface area contributed by atoms with Crippen LogP contribution in [0.2, 0.25) is 5.02 Å². The standard InChI is InChI=1S/C16H20BrClN2S/c1-16(2,3)14-9-21-15(20-14)8-13(19-4)11-7-10(18)5-6-12(11)17/h5-7,9,13,19H,8H2,1-4H3. The second-order valence-electron chi connectivity index (χ2n) is 6.09. The molecule has 1 atom stereocenters. The van der Waals surface area contributed by atoms with E-state index < -0.39 is 0 Å². The van der Waals surface area contributed by atoms with Crippen LogP contribution in [0.5, 0.6) is 0 Å². The predicted octanol–water partition coefficient (Wildman–Crippen LogP) is 5.36. The van der Waals surface area contributed by atoms with E-state index in [1.807, 2.05) is 25.2 Å². The van der Waals surface area contributed by atoms with Crippen LogP contribution in [0.4, 0.5) is 0 Å². The highest BCUT2D eigenvalue weighted by Crippen LogP contribution is 2.31. The third-order valence-electron chi connectivity index (χ3n) is 3.38. The minimum Gasteiger partial charge on any atom is -0.313 e. The van der Waals surface area contributed by atoms with Crippen LogP contribution in [0.25, 0.3) is 0 Å². The van der Waals surface area contributed by atoms with Gasteiger partial charge in [-0.15, -0.1) is 11.3 Å². The molecule has 0 radical (unpaired) electrons. The Labute approximate surface area is 144 Å². The van der Waals surface area contributed by atoms with Crippen molar-refractivity contribution in [1.82, 2.24) is 10.3 Å². The Hall–Kier alpha value is -0.420. The van der Waals surface area contributed by atoms with E-state index in [0.29, 0.717) is 0 Å². The lowest BCUT2D eigenvalue weighted by molar-refractivity contribution is 0.559. The zero-order chi connectivity index (χ0) is 15.6. The molecule has 5 heteroatoms. The molecule has 2 aromatic rings. The van der Waals surface area contributed by atoms with Gasteiger partial charge in [-0.05, 0) is 30.8 Å². The van der Waals surface area contributed by atoms with Gasteiger partial charge in [-0.2, -0.15) is 0 Å². The van der Waals surface area contributed by atoms with Gasteiger partial charge in [0.1, 0.15) is 0 Å². The smallest absolute Gasteiger partial charge is 0.0947 e. The molecule has 1 aromatic heterocycles. The van der Waals surface area contributed by atoms with Crippen molar-refractivity contribution in [2.75, 3.05) is 7.05 Å². The minimum atomic E-state index is 0.0977. The quantitative estimate of drug-likeness (QED) is 0.764. The summed E-state index contributed by atoms with van der Waals surface area (Å²) in [5.74, 6) is 0. The highest BCUT2D eigenvalue weighted by atomic mass is 79.9. The van der Waals surface area contributed by atoms with Crippen molar-refractivity contribution in [3.8, 4) is 0 Å². The number of hydrogen-bond donors (Lipinski definition) is 1. The lowest BCUT2D eigenvalue weighted by atomic mass is 9.93. The first-order valence-corrected chi connectivity index (χ1v) is 8.93. The molecular formula is C16H20BrClN2S. The van der Waals surface area contributed by atoms with Crippen LogP contribution in [0, 0.1) is 0 Å². The lowest BCUT2D eigenvalue weighted by Crippen LogP contribution is -2.19. The van der Waals surface area contributed by atoms with Gasteiger partial charge in [0.2, 0.25) is 0 Å². The molecule has 1 unspecified atom stereocenters. The van der Waals surface area contributed by atoms with Crippen LogP contribution in [0.3, 0.4) is 0 Å². The van der Waals surface area contributed by atoms with Crippen LogP contribution in [0.1, 0.15) is 43.1 Å². The van der Waals surface area contributed by atoms with Gasteiger partial charge < -0.3 is 5.32 Å². The molecule has 0 bridgehead atoms.